The molecule has 0 fully saturated rings. The molecular weight excluding hydrogens is 300 g/mol. The molecule has 0 amide bonds. The molecule has 1 rings (SSSR count). The number of hydrogen-bond acceptors (Lipinski definition) is 0. The lowest BCUT2D eigenvalue weighted by Crippen LogP contribution is -2.50. The van der Waals surface area contributed by atoms with E-state index >= 15 is 0 Å². The fourth-order valence-corrected chi connectivity index (χ4v) is 4.66. The Morgan fingerprint density at radius 3 is 0.950 bits per heavy atom. The van der Waals surface area contributed by atoms with Crippen LogP contribution >= 0.6 is 0 Å². The van der Waals surface area contributed by atoms with E-state index in [1.807, 2.05) is 0 Å². The second-order valence-electron chi connectivity index (χ2n) is 7.23. The molecule has 0 saturated heterocycles. The fourth-order valence-electron chi connectivity index (χ4n) is 1.75. The van der Waals surface area contributed by atoms with Crippen LogP contribution in [0.15, 0.2) is 24.3 Å². The molecule has 0 spiro atoms. The molecule has 20 heavy (non-hydrogen) atoms. The van der Waals surface area contributed by atoms with Gasteiger partial charge in [-0.25, -0.2) is 0 Å². The van der Waals surface area contributed by atoms with Gasteiger partial charge in [-0.05, 0) is 0 Å². The highest BCUT2D eigenvalue weighted by Crippen LogP contribution is 2.39. The van der Waals surface area contributed by atoms with Crippen LogP contribution in [-0.4, -0.2) is 17.5 Å². The van der Waals surface area contributed by atoms with Gasteiger partial charge in [-0.1, -0.05) is 65.8 Å². The van der Waals surface area contributed by atoms with E-state index in [1.165, 1.54) is 65.8 Å². The van der Waals surface area contributed by atoms with Crippen LogP contribution in [0.1, 0.15) is 41.5 Å². The normalized spacial score (nSPS) is 14.5. The highest BCUT2D eigenvalue weighted by molar-refractivity contribution is 6.84. The molecule has 6 heteroatoms. The molecule has 0 unspecified atom stereocenters. The van der Waals surface area contributed by atoms with Crippen molar-refractivity contribution in [1.29, 1.82) is 0 Å². The van der Waals surface area contributed by atoms with Crippen molar-refractivity contribution in [2.75, 3.05) is 0 Å². The summed E-state index contributed by atoms with van der Waals surface area (Å²) in [6.45, 7) is 8.95. The Bertz CT molecular complexity index is 422. The van der Waals surface area contributed by atoms with Crippen LogP contribution in [0, 0.1) is 0 Å². The first-order chi connectivity index (χ1) is 8.71. The Labute approximate surface area is 120 Å². The molecule has 0 nitrogen and oxygen atoms in total. The molecule has 0 aliphatic rings. The van der Waals surface area contributed by atoms with Gasteiger partial charge in [-0.3, -0.25) is 16.4 Å². The summed E-state index contributed by atoms with van der Waals surface area (Å²) in [5.41, 5.74) is 0. The first-order valence-electron chi connectivity index (χ1n) is 6.58. The van der Waals surface area contributed by atoms with Crippen molar-refractivity contribution in [2.24, 2.45) is 0 Å². The van der Waals surface area contributed by atoms with Gasteiger partial charge in [0.2, 0.25) is 0 Å². The van der Waals surface area contributed by atoms with Gasteiger partial charge in [0.25, 0.3) is 0 Å². The van der Waals surface area contributed by atoms with Crippen molar-refractivity contribution < 1.29 is 16.4 Å². The molecule has 1 aromatic rings. The predicted octanol–water partition coefficient (Wildman–Crippen LogP) is 4.46. The maximum atomic E-state index is 14.3. The van der Waals surface area contributed by atoms with Crippen molar-refractivity contribution in [3.8, 4) is 0 Å². The largest absolute Gasteiger partial charge is 0.460 e. The van der Waals surface area contributed by atoms with Crippen LogP contribution < -0.4 is 10.4 Å². The van der Waals surface area contributed by atoms with Gasteiger partial charge in [-0.2, -0.15) is 0 Å². The zero-order chi connectivity index (χ0) is 16.0. The highest BCUT2D eigenvalue weighted by Gasteiger charge is 2.52. The van der Waals surface area contributed by atoms with E-state index in [1.54, 1.807) is 0 Å². The van der Waals surface area contributed by atoms with E-state index in [2.05, 4.69) is 0 Å². The van der Waals surface area contributed by atoms with Crippen molar-refractivity contribution in [2.45, 2.75) is 51.6 Å². The van der Waals surface area contributed by atoms with E-state index in [0.717, 1.165) is 0 Å². The van der Waals surface area contributed by atoms with Crippen molar-refractivity contribution >= 4 is 27.9 Å². The Morgan fingerprint density at radius 1 is 0.600 bits per heavy atom. The summed E-state index contributed by atoms with van der Waals surface area (Å²) < 4.78 is 57.2. The average Bonchev–Trinajstić information content (AvgIpc) is 2.26. The third-order valence-corrected chi connectivity index (χ3v) is 9.38. The number of hydrogen-bond donors (Lipinski definition) is 0. The third-order valence-electron chi connectivity index (χ3n) is 3.49. The number of halogens is 4. The molecule has 0 heterocycles. The lowest BCUT2D eigenvalue weighted by Gasteiger charge is -2.29. The minimum absolute atomic E-state index is 0.0764. The van der Waals surface area contributed by atoms with Crippen LogP contribution in [0.3, 0.4) is 0 Å². The zero-order valence-corrected chi connectivity index (χ0v) is 14.8. The Balaban J connectivity index is 3.20. The molecule has 0 N–H and O–H groups in total. The summed E-state index contributed by atoms with van der Waals surface area (Å²) in [5.74, 6) is 0. The van der Waals surface area contributed by atoms with Crippen molar-refractivity contribution in [1.82, 2.24) is 0 Å². The Morgan fingerprint density at radius 2 is 0.800 bits per heavy atom. The zero-order valence-electron chi connectivity index (χ0n) is 12.8. The van der Waals surface area contributed by atoms with Crippen LogP contribution in [0.25, 0.3) is 0 Å². The molecule has 0 bridgehead atoms. The minimum Gasteiger partial charge on any atom is -0.264 e. The van der Waals surface area contributed by atoms with Crippen molar-refractivity contribution in [3.63, 3.8) is 0 Å². The maximum Gasteiger partial charge on any atom is 0.460 e. The lowest BCUT2D eigenvalue weighted by molar-refractivity contribution is 0.518. The number of benzene rings is 1. The standard InChI is InChI=1S/C14H22F4Si2/c1-13(2,3)19(15,16)11-7-9-12(10-8-11)20(17,18)14(4,5)6/h7-10H,1-6H3. The van der Waals surface area contributed by atoms with E-state index in [0.29, 0.717) is 0 Å². The molecule has 114 valence electrons. The smallest absolute Gasteiger partial charge is 0.264 e. The van der Waals surface area contributed by atoms with Gasteiger partial charge in [0.15, 0.2) is 0 Å². The van der Waals surface area contributed by atoms with Gasteiger partial charge in [-0.15, -0.1) is 0 Å². The molecule has 0 aliphatic heterocycles. The summed E-state index contributed by atoms with van der Waals surface area (Å²) in [6.07, 6.45) is 0. The summed E-state index contributed by atoms with van der Waals surface area (Å²) in [6, 6.07) is 4.78. The molecule has 0 aliphatic carbocycles. The molecular formula is C14H22F4Si2. The molecule has 0 atom stereocenters. The van der Waals surface area contributed by atoms with E-state index in [-0.39, 0.29) is 10.4 Å². The van der Waals surface area contributed by atoms with Crippen LogP contribution in [0.2, 0.25) is 10.1 Å². The van der Waals surface area contributed by atoms with Gasteiger partial charge >= 0.3 is 17.5 Å². The second-order valence-corrected chi connectivity index (χ2v) is 13.7. The van der Waals surface area contributed by atoms with E-state index in [4.69, 9.17) is 0 Å². The highest BCUT2D eigenvalue weighted by atomic mass is 28.4. The molecule has 0 saturated carbocycles. The van der Waals surface area contributed by atoms with Crippen LogP contribution in [0.4, 0.5) is 16.4 Å². The lowest BCUT2D eigenvalue weighted by atomic mass is 10.2. The van der Waals surface area contributed by atoms with Crippen LogP contribution in [0.5, 0.6) is 0 Å². The van der Waals surface area contributed by atoms with Gasteiger partial charge in [0.05, 0.1) is 0 Å². The quantitative estimate of drug-likeness (QED) is 0.428. The summed E-state index contributed by atoms with van der Waals surface area (Å²) in [5, 5.41) is -2.38. The number of rotatable bonds is 2. The van der Waals surface area contributed by atoms with Gasteiger partial charge < -0.3 is 0 Å². The SMILES string of the molecule is CC(C)(C)[Si](F)(F)c1ccc([Si](F)(F)C(C)(C)C)cc1. The maximum absolute atomic E-state index is 14.3. The summed E-state index contributed by atoms with van der Waals surface area (Å²) in [7, 11) is -9.28. The second kappa shape index (κ2) is 4.98. The van der Waals surface area contributed by atoms with E-state index < -0.39 is 27.6 Å². The fraction of sp³-hybridized carbons (Fsp3) is 0.571. The average molecular weight is 322 g/mol. The van der Waals surface area contributed by atoms with Crippen molar-refractivity contribution in [3.05, 3.63) is 24.3 Å². The predicted molar refractivity (Wildman–Crippen MR) is 81.1 cm³/mol. The minimum atomic E-state index is -4.64. The van der Waals surface area contributed by atoms with E-state index in [9.17, 15) is 16.4 Å². The van der Waals surface area contributed by atoms with Gasteiger partial charge in [0, 0.05) is 20.4 Å². The Hall–Kier alpha value is -0.626. The van der Waals surface area contributed by atoms with Gasteiger partial charge in [0.1, 0.15) is 0 Å². The summed E-state index contributed by atoms with van der Waals surface area (Å²) >= 11 is 0. The Kier molecular flexibility index (Phi) is 4.34. The topological polar surface area (TPSA) is 0 Å². The first-order valence-corrected chi connectivity index (χ1v) is 10.1. The monoisotopic (exact) mass is 322 g/mol. The first kappa shape index (κ1) is 17.4. The third kappa shape index (κ3) is 3.00. The van der Waals surface area contributed by atoms with Crippen LogP contribution in [-0.2, 0) is 0 Å². The molecule has 0 aromatic heterocycles. The molecule has 0 radical (unpaired) electrons. The summed E-state index contributed by atoms with van der Waals surface area (Å²) in [4.78, 5) is 0. The molecule has 1 aromatic carbocycles.